The molecule has 0 aliphatic carbocycles. The molecular weight excluding hydrogens is 945 g/mol. The van der Waals surface area contributed by atoms with Crippen LogP contribution in [0.3, 0.4) is 0 Å². The third kappa shape index (κ3) is 13.4. The van der Waals surface area contributed by atoms with Gasteiger partial charge < -0.3 is 40.5 Å². The second kappa shape index (κ2) is 24.5. The van der Waals surface area contributed by atoms with Gasteiger partial charge >= 0.3 is 0 Å². The van der Waals surface area contributed by atoms with Gasteiger partial charge in [0.2, 0.25) is 41.4 Å². The first-order valence-electron chi connectivity index (χ1n) is 25.8. The predicted octanol–water partition coefficient (Wildman–Crippen LogP) is 5.81. The summed E-state index contributed by atoms with van der Waals surface area (Å²) in [6.07, 6.45) is 11.7. The summed E-state index contributed by atoms with van der Waals surface area (Å²) in [5.74, 6) is -4.14. The quantitative estimate of drug-likeness (QED) is 0.119. The van der Waals surface area contributed by atoms with E-state index < -0.39 is 89.2 Å². The topological polar surface area (TPSA) is 208 Å². The van der Waals surface area contributed by atoms with Gasteiger partial charge in [-0.3, -0.25) is 33.6 Å². The number of thiazole rings is 1. The van der Waals surface area contributed by atoms with Gasteiger partial charge in [0.15, 0.2) is 5.65 Å². The van der Waals surface area contributed by atoms with Crippen LogP contribution in [0.25, 0.3) is 21.3 Å². The molecule has 3 aromatic heterocycles. The van der Waals surface area contributed by atoms with Gasteiger partial charge in [-0.05, 0) is 88.0 Å². The number of benzene rings is 1. The van der Waals surface area contributed by atoms with Crippen molar-refractivity contribution in [2.45, 2.75) is 161 Å². The smallest absolute Gasteiger partial charge is 0.246 e. The number of aromatic nitrogens is 3. The molecule has 6 rings (SSSR count). The molecule has 2 bridgehead atoms. The lowest BCUT2D eigenvalue weighted by atomic mass is 9.97. The number of carbonyl (C=O) groups excluding carboxylic acids is 7. The van der Waals surface area contributed by atoms with Crippen LogP contribution in [0.4, 0.5) is 0 Å². The van der Waals surface area contributed by atoms with E-state index in [9.17, 15) is 28.8 Å². The molecule has 1 aromatic carbocycles. The Hall–Kier alpha value is -6.43. The number of rotatable bonds is 13. The van der Waals surface area contributed by atoms with E-state index >= 15 is 4.79 Å². The lowest BCUT2D eigenvalue weighted by Crippen LogP contribution is -2.61. The monoisotopic (exact) mass is 1020 g/mol. The molecule has 7 atom stereocenters. The normalized spacial score (nSPS) is 24.2. The van der Waals surface area contributed by atoms with Gasteiger partial charge in [0.05, 0.1) is 15.7 Å². The molecule has 5 heterocycles. The Bertz CT molecular complexity index is 2690. The van der Waals surface area contributed by atoms with Crippen LogP contribution in [0, 0.1) is 11.8 Å². The lowest BCUT2D eigenvalue weighted by Gasteiger charge is -2.38. The van der Waals surface area contributed by atoms with Gasteiger partial charge in [-0.1, -0.05) is 83.9 Å². The highest BCUT2D eigenvalue weighted by molar-refractivity contribution is 7.16. The predicted molar refractivity (Wildman–Crippen MR) is 285 cm³/mol. The van der Waals surface area contributed by atoms with E-state index in [4.69, 9.17) is 0 Å². The van der Waals surface area contributed by atoms with Gasteiger partial charge in [0.25, 0.3) is 0 Å². The van der Waals surface area contributed by atoms with Crippen LogP contribution in [0.15, 0.2) is 73.0 Å². The molecule has 2 aliphatic heterocycles. The van der Waals surface area contributed by atoms with E-state index in [0.717, 1.165) is 21.2 Å². The molecule has 4 N–H and O–H groups in total. The summed E-state index contributed by atoms with van der Waals surface area (Å²) < 4.78 is 2.86. The SMILES string of the molecule is C=CC(C)(C)n1cc(C[C@@H]2NC(=O)[C@H](CCCC)NC(=O)[C@H](CC(C)C)N3CC/C=C\C[C@@H](C3=O)N(C)C(=O)[C@H](C)NC(=O)[C@H](Cc3cnc4ncsc4c3)NC(=O)[C@H](CC(C)C)N(C)C2=O)c2ccccc21. The fraction of sp³-hybridized carbons (Fsp3) is 0.545. The molecule has 394 valence electrons. The van der Waals surface area contributed by atoms with Crippen LogP contribution >= 0.6 is 11.3 Å². The first-order valence-corrected chi connectivity index (χ1v) is 26.6. The average molecular weight is 1020 g/mol. The van der Waals surface area contributed by atoms with Crippen LogP contribution in [0.2, 0.25) is 0 Å². The minimum atomic E-state index is -1.25. The Balaban J connectivity index is 1.50. The van der Waals surface area contributed by atoms with Crippen LogP contribution < -0.4 is 21.3 Å². The van der Waals surface area contributed by atoms with Crippen LogP contribution in [-0.4, -0.2) is 134 Å². The van der Waals surface area contributed by atoms with Gasteiger partial charge in [0.1, 0.15) is 42.3 Å². The number of hydrogen-bond acceptors (Lipinski definition) is 10. The number of carbonyl (C=O) groups is 7. The highest BCUT2D eigenvalue weighted by Gasteiger charge is 2.41. The largest absolute Gasteiger partial charge is 0.343 e. The third-order valence-corrected chi connectivity index (χ3v) is 14.9. The van der Waals surface area contributed by atoms with E-state index in [1.165, 1.54) is 47.1 Å². The standard InChI is InChI=1S/C55H76N10O7S/c1-12-14-21-39-48(66)61-41(29-37-31-65(55(8,9)13-2)42-22-18-17-20-38(37)42)53(71)63(11)44(25-33(3)4)50(68)60-40(27-36-28-46-47(56-30-36)57-32-73-46)49(67)58-35(7)52(70)62(10)43-23-16-15-19-24-64(54(43)72)45(26-34(5)6)51(69)59-39/h13,15-18,20,22,28,30-35,39-41,43-45H,2,12,14,19,21,23-27,29H2,1,3-11H3,(H,58,67)(H,59,69)(H,60,68)(H,61,66)/b16-15-/t35-,39-,40-,41-,43-,44-,45-/m0/s1. The number of unbranched alkanes of at least 4 members (excludes halogenated alkanes) is 1. The van der Waals surface area contributed by atoms with Crippen LogP contribution in [0.5, 0.6) is 0 Å². The molecule has 1 saturated heterocycles. The van der Waals surface area contributed by atoms with Crippen molar-refractivity contribution in [1.82, 2.24) is 50.5 Å². The average Bonchev–Trinajstić information content (AvgIpc) is 3.98. The van der Waals surface area contributed by atoms with Gasteiger partial charge in [0, 0.05) is 56.8 Å². The molecule has 4 aromatic rings. The van der Waals surface area contributed by atoms with Crippen molar-refractivity contribution in [2.24, 2.45) is 11.8 Å². The number of amides is 7. The van der Waals surface area contributed by atoms with E-state index in [2.05, 4.69) is 42.4 Å². The highest BCUT2D eigenvalue weighted by atomic mass is 32.1. The Labute approximate surface area is 434 Å². The van der Waals surface area contributed by atoms with Crippen LogP contribution in [0.1, 0.15) is 111 Å². The summed E-state index contributed by atoms with van der Waals surface area (Å²) in [6.45, 7) is 19.6. The highest BCUT2D eigenvalue weighted by Crippen LogP contribution is 2.30. The maximum absolute atomic E-state index is 15.4. The molecule has 17 nitrogen and oxygen atoms in total. The first kappa shape index (κ1) is 55.9. The van der Waals surface area contributed by atoms with Gasteiger partial charge in [-0.25, -0.2) is 9.97 Å². The summed E-state index contributed by atoms with van der Waals surface area (Å²) >= 11 is 1.38. The minimum absolute atomic E-state index is 0.0186. The molecule has 2 aliphatic rings. The first-order chi connectivity index (χ1) is 34.6. The number of nitrogens with zero attached hydrogens (tertiary/aromatic N) is 6. The number of likely N-dealkylation sites (N-methyl/N-ethyl adjacent to an activating group) is 2. The molecule has 1 fully saturated rings. The molecule has 0 spiro atoms. The Kier molecular flexibility index (Phi) is 18.8. The molecule has 0 unspecified atom stereocenters. The fourth-order valence-electron chi connectivity index (χ4n) is 9.78. The summed E-state index contributed by atoms with van der Waals surface area (Å²) in [4.78, 5) is 117. The number of allylic oxidation sites excluding steroid dienone is 1. The lowest BCUT2D eigenvalue weighted by molar-refractivity contribution is -0.150. The zero-order chi connectivity index (χ0) is 53.3. The van der Waals surface area contributed by atoms with Crippen molar-refractivity contribution in [1.29, 1.82) is 0 Å². The minimum Gasteiger partial charge on any atom is -0.343 e. The number of pyridine rings is 1. The second-order valence-electron chi connectivity index (χ2n) is 21.1. The zero-order valence-electron chi connectivity index (χ0n) is 44.3. The van der Waals surface area contributed by atoms with Crippen molar-refractivity contribution in [3.63, 3.8) is 0 Å². The van der Waals surface area contributed by atoms with Crippen molar-refractivity contribution in [3.05, 3.63) is 84.2 Å². The molecular formula is C55H76N10O7S. The summed E-state index contributed by atoms with van der Waals surface area (Å²) in [5.41, 5.74) is 3.94. The maximum atomic E-state index is 15.4. The molecule has 0 radical (unpaired) electrons. The molecule has 18 heteroatoms. The summed E-state index contributed by atoms with van der Waals surface area (Å²) in [7, 11) is 3.03. The van der Waals surface area contributed by atoms with E-state index in [1.54, 1.807) is 11.7 Å². The number of para-hydroxylation sites is 1. The molecule has 0 saturated carbocycles. The third-order valence-electron chi connectivity index (χ3n) is 14.1. The second-order valence-corrected chi connectivity index (χ2v) is 22.0. The Morgan fingerprint density at radius 2 is 1.45 bits per heavy atom. The van der Waals surface area contributed by atoms with Crippen molar-refractivity contribution < 1.29 is 33.6 Å². The number of nitrogens with one attached hydrogen (secondary N) is 4. The Morgan fingerprint density at radius 1 is 0.795 bits per heavy atom. The zero-order valence-corrected chi connectivity index (χ0v) is 45.1. The summed E-state index contributed by atoms with van der Waals surface area (Å²) in [6, 6.07) is 1.72. The van der Waals surface area contributed by atoms with E-state index in [-0.39, 0.29) is 56.9 Å². The summed E-state index contributed by atoms with van der Waals surface area (Å²) in [5, 5.41) is 12.7. The van der Waals surface area contributed by atoms with E-state index in [0.29, 0.717) is 30.5 Å². The van der Waals surface area contributed by atoms with Crippen molar-refractivity contribution in [2.75, 3.05) is 20.6 Å². The Morgan fingerprint density at radius 3 is 2.15 bits per heavy atom. The van der Waals surface area contributed by atoms with Gasteiger partial charge in [-0.15, -0.1) is 17.9 Å². The van der Waals surface area contributed by atoms with Crippen molar-refractivity contribution >= 4 is 73.9 Å². The maximum Gasteiger partial charge on any atom is 0.246 e. The van der Waals surface area contributed by atoms with E-state index in [1.807, 2.05) is 103 Å². The molecule has 73 heavy (non-hydrogen) atoms. The molecule has 7 amide bonds. The van der Waals surface area contributed by atoms with Crippen LogP contribution in [-0.2, 0) is 51.9 Å². The number of hydrogen-bond donors (Lipinski definition) is 4. The number of fused-ring (bicyclic) bond motifs is 4. The van der Waals surface area contributed by atoms with Crippen molar-refractivity contribution in [3.8, 4) is 0 Å². The van der Waals surface area contributed by atoms with Gasteiger partial charge in [-0.2, -0.15) is 0 Å². The fourth-order valence-corrected chi connectivity index (χ4v) is 10.5.